The molecule has 0 amide bonds. The molecule has 5 aromatic rings. The molecule has 3 aromatic carbocycles. The lowest BCUT2D eigenvalue weighted by atomic mass is 10.0. The van der Waals surface area contributed by atoms with Gasteiger partial charge in [0, 0.05) is 21.9 Å². The van der Waals surface area contributed by atoms with Crippen LogP contribution in [0.4, 0.5) is 5.69 Å². The number of pyridine rings is 1. The van der Waals surface area contributed by atoms with Gasteiger partial charge in [0.05, 0.1) is 18.8 Å². The largest absolute Gasteiger partial charge is 0.497 e. The number of thiocarbonyl (C=S) groups is 1. The summed E-state index contributed by atoms with van der Waals surface area (Å²) in [5.74, 6) is 3.79. The van der Waals surface area contributed by atoms with Crippen molar-refractivity contribution < 1.29 is 13.9 Å². The number of hydrogen-bond donors (Lipinski definition) is 1. The van der Waals surface area contributed by atoms with E-state index < -0.39 is 0 Å². The number of benzene rings is 3. The number of ether oxygens (including phenoxy) is 2. The number of aryl methyl sites for hydroxylation is 1. The van der Waals surface area contributed by atoms with Crippen molar-refractivity contribution in [2.24, 2.45) is 0 Å². The van der Waals surface area contributed by atoms with Gasteiger partial charge in [-0.25, -0.2) is 0 Å². The van der Waals surface area contributed by atoms with Crippen LogP contribution in [0.2, 0.25) is 0 Å². The predicted molar refractivity (Wildman–Crippen MR) is 164 cm³/mol. The highest BCUT2D eigenvalue weighted by molar-refractivity contribution is 9.10. The number of rotatable bonds is 7. The fourth-order valence-electron chi connectivity index (χ4n) is 4.85. The molecule has 1 aliphatic rings. The highest BCUT2D eigenvalue weighted by Gasteiger charge is 2.42. The van der Waals surface area contributed by atoms with Gasteiger partial charge >= 0.3 is 0 Å². The first-order valence-electron chi connectivity index (χ1n) is 12.8. The zero-order valence-electron chi connectivity index (χ0n) is 21.9. The molecule has 8 heteroatoms. The lowest BCUT2D eigenvalue weighted by Crippen LogP contribution is -2.29. The van der Waals surface area contributed by atoms with E-state index in [-0.39, 0.29) is 12.1 Å². The standard InChI is InChI=1S/C32H26BrN3O3S/c1-20-6-15-25(26(33)19-20)28-16-17-29(39-28)31-30(27-5-3-4-18-34-27)35-32(40)36(31)21-7-9-23(10-8-21)38-24-13-11-22(37-2)12-14-24/h3-19,30-31H,1-2H3,(H,35,40)/t30-,31+/m1/s1. The first-order valence-corrected chi connectivity index (χ1v) is 14.0. The molecular weight excluding hydrogens is 586 g/mol. The van der Waals surface area contributed by atoms with Gasteiger partial charge < -0.3 is 24.1 Å². The van der Waals surface area contributed by atoms with Gasteiger partial charge in [0.15, 0.2) is 5.11 Å². The fraction of sp³-hybridized carbons (Fsp3) is 0.125. The van der Waals surface area contributed by atoms with Crippen molar-refractivity contribution in [2.45, 2.75) is 19.0 Å². The molecule has 200 valence electrons. The Morgan fingerprint density at radius 3 is 2.30 bits per heavy atom. The Labute approximate surface area is 246 Å². The molecule has 2 atom stereocenters. The summed E-state index contributed by atoms with van der Waals surface area (Å²) in [5, 5.41) is 4.08. The van der Waals surface area contributed by atoms with E-state index in [0.29, 0.717) is 10.9 Å². The number of aromatic nitrogens is 1. The van der Waals surface area contributed by atoms with Gasteiger partial charge in [-0.1, -0.05) is 28.1 Å². The highest BCUT2D eigenvalue weighted by Crippen LogP contribution is 2.44. The van der Waals surface area contributed by atoms with Gasteiger partial charge in [-0.2, -0.15) is 0 Å². The zero-order chi connectivity index (χ0) is 27.6. The Balaban J connectivity index is 1.33. The molecule has 0 aliphatic carbocycles. The van der Waals surface area contributed by atoms with E-state index in [0.717, 1.165) is 44.4 Å². The maximum atomic E-state index is 6.51. The molecule has 6 nitrogen and oxygen atoms in total. The van der Waals surface area contributed by atoms with Crippen LogP contribution < -0.4 is 19.7 Å². The molecule has 6 rings (SSSR count). The average molecular weight is 613 g/mol. The van der Waals surface area contributed by atoms with E-state index in [1.165, 1.54) is 5.56 Å². The Morgan fingerprint density at radius 2 is 1.62 bits per heavy atom. The first-order chi connectivity index (χ1) is 19.5. The van der Waals surface area contributed by atoms with Gasteiger partial charge in [0.1, 0.15) is 34.8 Å². The topological polar surface area (TPSA) is 59.8 Å². The summed E-state index contributed by atoms with van der Waals surface area (Å²) < 4.78 is 18.8. The quantitative estimate of drug-likeness (QED) is 0.185. The smallest absolute Gasteiger partial charge is 0.174 e. The normalized spacial score (nSPS) is 16.6. The molecule has 1 aliphatic heterocycles. The molecule has 40 heavy (non-hydrogen) atoms. The molecule has 0 saturated carbocycles. The number of nitrogens with one attached hydrogen (secondary N) is 1. The summed E-state index contributed by atoms with van der Waals surface area (Å²) in [7, 11) is 1.64. The van der Waals surface area contributed by atoms with Crippen LogP contribution in [-0.4, -0.2) is 17.2 Å². The van der Waals surface area contributed by atoms with Gasteiger partial charge in [-0.15, -0.1) is 0 Å². The molecule has 0 bridgehead atoms. The van der Waals surface area contributed by atoms with Crippen molar-refractivity contribution in [3.05, 3.63) is 125 Å². The number of nitrogens with zero attached hydrogens (tertiary/aromatic N) is 2. The summed E-state index contributed by atoms with van der Waals surface area (Å²) in [6, 6.07) is 31.0. The molecule has 0 radical (unpaired) electrons. The molecule has 0 unspecified atom stereocenters. The first kappa shape index (κ1) is 26.1. The van der Waals surface area contributed by atoms with Crippen LogP contribution in [0.15, 0.2) is 112 Å². The van der Waals surface area contributed by atoms with Crippen molar-refractivity contribution >= 4 is 38.9 Å². The van der Waals surface area contributed by atoms with Crippen molar-refractivity contribution in [3.63, 3.8) is 0 Å². The fourth-order valence-corrected chi connectivity index (χ4v) is 5.89. The molecule has 2 aromatic heterocycles. The second-order valence-corrected chi connectivity index (χ2v) is 10.7. The summed E-state index contributed by atoms with van der Waals surface area (Å²) in [6.07, 6.45) is 1.79. The Bertz CT molecular complexity index is 1640. The van der Waals surface area contributed by atoms with Crippen molar-refractivity contribution in [2.75, 3.05) is 12.0 Å². The third-order valence-corrected chi connectivity index (χ3v) is 7.79. The van der Waals surface area contributed by atoms with Crippen LogP contribution in [0.1, 0.15) is 29.1 Å². The van der Waals surface area contributed by atoms with Gasteiger partial charge in [-0.3, -0.25) is 4.98 Å². The van der Waals surface area contributed by atoms with Gasteiger partial charge in [-0.05, 0) is 110 Å². The van der Waals surface area contributed by atoms with E-state index in [1.54, 1.807) is 13.3 Å². The van der Waals surface area contributed by atoms with Crippen molar-refractivity contribution in [1.82, 2.24) is 10.3 Å². The molecular formula is C32H26BrN3O3S. The Hall–Kier alpha value is -4.14. The van der Waals surface area contributed by atoms with Crippen molar-refractivity contribution in [1.29, 1.82) is 0 Å². The van der Waals surface area contributed by atoms with Crippen LogP contribution in [0.3, 0.4) is 0 Å². The van der Waals surface area contributed by atoms with Gasteiger partial charge in [0.2, 0.25) is 0 Å². The Morgan fingerprint density at radius 1 is 0.900 bits per heavy atom. The third-order valence-electron chi connectivity index (χ3n) is 6.82. The lowest BCUT2D eigenvalue weighted by Gasteiger charge is -2.26. The Kier molecular flexibility index (Phi) is 7.28. The summed E-state index contributed by atoms with van der Waals surface area (Å²) in [5.41, 5.74) is 3.96. The summed E-state index contributed by atoms with van der Waals surface area (Å²) in [6.45, 7) is 2.07. The summed E-state index contributed by atoms with van der Waals surface area (Å²) >= 11 is 9.56. The predicted octanol–water partition coefficient (Wildman–Crippen LogP) is 8.39. The number of methoxy groups -OCH3 is 1. The minimum atomic E-state index is -0.256. The minimum Gasteiger partial charge on any atom is -0.497 e. The van der Waals surface area contributed by atoms with Crippen LogP contribution in [0.25, 0.3) is 11.3 Å². The van der Waals surface area contributed by atoms with Crippen LogP contribution in [0.5, 0.6) is 17.2 Å². The second-order valence-electron chi connectivity index (χ2n) is 9.45. The molecule has 0 spiro atoms. The van der Waals surface area contributed by atoms with Gasteiger partial charge in [0.25, 0.3) is 0 Å². The lowest BCUT2D eigenvalue weighted by molar-refractivity contribution is 0.413. The van der Waals surface area contributed by atoms with E-state index in [1.807, 2.05) is 78.9 Å². The van der Waals surface area contributed by atoms with E-state index in [9.17, 15) is 0 Å². The second kappa shape index (κ2) is 11.2. The number of hydrogen-bond acceptors (Lipinski definition) is 5. The number of anilines is 1. The molecule has 1 saturated heterocycles. The van der Waals surface area contributed by atoms with Crippen molar-refractivity contribution in [3.8, 4) is 28.6 Å². The van der Waals surface area contributed by atoms with Crippen LogP contribution >= 0.6 is 28.1 Å². The monoisotopic (exact) mass is 611 g/mol. The maximum Gasteiger partial charge on any atom is 0.174 e. The summed E-state index contributed by atoms with van der Waals surface area (Å²) in [4.78, 5) is 6.72. The zero-order valence-corrected chi connectivity index (χ0v) is 24.3. The molecule has 1 fully saturated rings. The number of furan rings is 1. The highest BCUT2D eigenvalue weighted by atomic mass is 79.9. The maximum absolute atomic E-state index is 6.51. The molecule has 3 heterocycles. The third kappa shape index (κ3) is 5.20. The average Bonchev–Trinajstić information content (AvgIpc) is 3.59. The van der Waals surface area contributed by atoms with E-state index >= 15 is 0 Å². The SMILES string of the molecule is COc1ccc(Oc2ccc(N3C(=S)N[C@H](c4ccccn4)[C@@H]3c3ccc(-c4ccc(C)cc4Br)o3)cc2)cc1. The van der Waals surface area contributed by atoms with Crippen LogP contribution in [-0.2, 0) is 0 Å². The molecule has 1 N–H and O–H groups in total. The van der Waals surface area contributed by atoms with E-state index in [4.69, 9.17) is 26.1 Å². The number of halogens is 1. The minimum absolute atomic E-state index is 0.204. The van der Waals surface area contributed by atoms with Crippen LogP contribution in [0, 0.1) is 6.92 Å². The van der Waals surface area contributed by atoms with E-state index in [2.05, 4.69) is 56.3 Å².